The van der Waals surface area contributed by atoms with Crippen molar-refractivity contribution in [2.24, 2.45) is 0 Å². The summed E-state index contributed by atoms with van der Waals surface area (Å²) in [5, 5.41) is 3.71. The third-order valence-corrected chi connectivity index (χ3v) is 0.947. The fraction of sp³-hybridized carbons (Fsp3) is 1.00. The normalized spacial score (nSPS) is 15.8. The van der Waals surface area contributed by atoms with Crippen LogP contribution < -0.4 is 0 Å². The molecule has 0 saturated carbocycles. The summed E-state index contributed by atoms with van der Waals surface area (Å²) in [5.74, 6) is 0. The minimum Gasteiger partial charge on any atom is -0.391 e. The van der Waals surface area contributed by atoms with Crippen LogP contribution in [0, 0.1) is 0 Å². The van der Waals surface area contributed by atoms with Crippen LogP contribution in [0.15, 0.2) is 0 Å². The Kier molecular flexibility index (Phi) is 8.94. The predicted molar refractivity (Wildman–Crippen MR) is 30.1 cm³/mol. The van der Waals surface area contributed by atoms with Gasteiger partial charge in [0.1, 0.15) is 6.61 Å². The van der Waals surface area contributed by atoms with Crippen molar-refractivity contribution in [3.63, 3.8) is 0 Å². The molecule has 0 aromatic heterocycles. The zero-order valence-corrected chi connectivity index (χ0v) is 9.70. The summed E-state index contributed by atoms with van der Waals surface area (Å²) in [6, 6.07) is 0. The molecule has 0 aromatic rings. The molecular formula is C3H4Cl2F4OZn. The molecule has 66 valence electrons. The molecular weight excluding hydrogens is 264 g/mol. The molecule has 0 amide bonds. The van der Waals surface area contributed by atoms with E-state index < -0.39 is 17.9 Å². The number of alkyl halides is 5. The Morgan fingerprint density at radius 3 is 1.45 bits per heavy atom. The summed E-state index contributed by atoms with van der Waals surface area (Å²) < 4.78 is 45.2. The minimum atomic E-state index is -5.21. The van der Waals surface area contributed by atoms with E-state index in [0.29, 0.717) is 0 Å². The zero-order chi connectivity index (χ0) is 7.71. The average Bonchev–Trinajstić information content (AvgIpc) is 1.64. The number of halogens is 6. The van der Waals surface area contributed by atoms with E-state index in [1.807, 2.05) is 0 Å². The van der Waals surface area contributed by atoms with Gasteiger partial charge in [-0.05, 0) is 0 Å². The van der Waals surface area contributed by atoms with Crippen LogP contribution in [0.4, 0.5) is 17.6 Å². The van der Waals surface area contributed by atoms with Crippen molar-refractivity contribution in [1.82, 2.24) is 0 Å². The topological polar surface area (TPSA) is 20.2 Å². The van der Waals surface area contributed by atoms with E-state index in [-0.39, 0.29) is 31.9 Å². The monoisotopic (exact) mass is 266 g/mol. The van der Waals surface area contributed by atoms with Crippen molar-refractivity contribution < 1.29 is 42.1 Å². The fourth-order valence-corrected chi connectivity index (χ4v) is 0.0896. The van der Waals surface area contributed by atoms with Gasteiger partial charge in [-0.2, -0.15) is 13.2 Å². The first-order valence-electron chi connectivity index (χ1n) is 1.86. The molecule has 8 heteroatoms. The number of aliphatic hydroxyl groups is 1. The largest absolute Gasteiger partial charge is 0.439 e. The molecule has 0 aliphatic heterocycles. The van der Waals surface area contributed by atoms with Crippen LogP contribution in [0.25, 0.3) is 0 Å². The predicted octanol–water partition coefficient (Wildman–Crippen LogP) is 1.86. The number of hydrogen-bond donors (Lipinski definition) is 1. The van der Waals surface area contributed by atoms with Gasteiger partial charge in [0, 0.05) is 19.5 Å². The molecule has 11 heavy (non-hydrogen) atoms. The van der Waals surface area contributed by atoms with Gasteiger partial charge in [-0.15, -0.1) is 12.4 Å². The van der Waals surface area contributed by atoms with Crippen molar-refractivity contribution in [3.8, 4) is 0 Å². The maximum absolute atomic E-state index is 11.7. The van der Waals surface area contributed by atoms with Gasteiger partial charge in [0.2, 0.25) is 0 Å². The summed E-state index contributed by atoms with van der Waals surface area (Å²) >= 11 is 4.16. The van der Waals surface area contributed by atoms with Gasteiger partial charge in [0.25, 0.3) is 0 Å². The van der Waals surface area contributed by atoms with Crippen molar-refractivity contribution in [1.29, 1.82) is 0 Å². The van der Waals surface area contributed by atoms with Crippen LogP contribution in [0.1, 0.15) is 0 Å². The second-order valence-corrected chi connectivity index (χ2v) is 1.96. The second-order valence-electron chi connectivity index (χ2n) is 1.36. The van der Waals surface area contributed by atoms with E-state index in [2.05, 4.69) is 11.6 Å². The summed E-state index contributed by atoms with van der Waals surface area (Å²) in [6.45, 7) is -1.77. The summed E-state index contributed by atoms with van der Waals surface area (Å²) in [5.41, 5.74) is 0. The van der Waals surface area contributed by atoms with E-state index in [1.54, 1.807) is 0 Å². The SMILES string of the molecule is Cl.OCC(F)(Cl)C(F)(F)F.[Zn]. The maximum Gasteiger partial charge on any atom is 0.439 e. The van der Waals surface area contributed by atoms with Gasteiger partial charge >= 0.3 is 11.3 Å². The Morgan fingerprint density at radius 1 is 1.18 bits per heavy atom. The third kappa shape index (κ3) is 5.17. The van der Waals surface area contributed by atoms with Crippen LogP contribution in [0.3, 0.4) is 0 Å². The van der Waals surface area contributed by atoms with Gasteiger partial charge in [0.15, 0.2) is 0 Å². The molecule has 0 saturated heterocycles. The number of rotatable bonds is 1. The van der Waals surface area contributed by atoms with Crippen LogP contribution in [0.2, 0.25) is 0 Å². The first-order chi connectivity index (χ1) is 3.81. The van der Waals surface area contributed by atoms with Crippen LogP contribution >= 0.6 is 24.0 Å². The van der Waals surface area contributed by atoms with Gasteiger partial charge in [0.05, 0.1) is 0 Å². The molecule has 0 heterocycles. The fourth-order valence-electron chi connectivity index (χ4n) is 0.0896. The van der Waals surface area contributed by atoms with Gasteiger partial charge in [-0.1, -0.05) is 11.6 Å². The molecule has 0 fully saturated rings. The molecule has 1 atom stereocenters. The Morgan fingerprint density at radius 2 is 1.45 bits per heavy atom. The molecule has 1 N–H and O–H groups in total. The average molecular weight is 268 g/mol. The van der Waals surface area contributed by atoms with Crippen LogP contribution in [-0.4, -0.2) is 23.0 Å². The molecule has 0 bridgehead atoms. The first kappa shape index (κ1) is 17.8. The van der Waals surface area contributed by atoms with Gasteiger partial charge in [-0.3, -0.25) is 0 Å². The zero-order valence-electron chi connectivity index (χ0n) is 5.16. The van der Waals surface area contributed by atoms with E-state index in [0.717, 1.165) is 0 Å². The Hall–Kier alpha value is 0.883. The summed E-state index contributed by atoms with van der Waals surface area (Å²) in [6.07, 6.45) is -5.21. The van der Waals surface area contributed by atoms with Crippen molar-refractivity contribution >= 4 is 24.0 Å². The van der Waals surface area contributed by atoms with Gasteiger partial charge in [-0.25, -0.2) is 4.39 Å². The summed E-state index contributed by atoms with van der Waals surface area (Å²) in [7, 11) is 0. The van der Waals surface area contributed by atoms with E-state index in [4.69, 9.17) is 5.11 Å². The van der Waals surface area contributed by atoms with Gasteiger partial charge < -0.3 is 5.11 Å². The third-order valence-electron chi connectivity index (χ3n) is 0.613. The number of hydrogen-bond acceptors (Lipinski definition) is 1. The van der Waals surface area contributed by atoms with Crippen LogP contribution in [-0.2, 0) is 19.5 Å². The molecule has 1 nitrogen and oxygen atoms in total. The van der Waals surface area contributed by atoms with Crippen molar-refractivity contribution in [3.05, 3.63) is 0 Å². The summed E-state index contributed by atoms with van der Waals surface area (Å²) in [4.78, 5) is 0. The minimum absolute atomic E-state index is 0. The van der Waals surface area contributed by atoms with E-state index in [1.165, 1.54) is 0 Å². The van der Waals surface area contributed by atoms with Crippen molar-refractivity contribution in [2.75, 3.05) is 6.61 Å². The quantitative estimate of drug-likeness (QED) is 0.437. The standard InChI is InChI=1S/C3H3ClF4O.ClH.Zn/c4-2(5,1-9)3(6,7)8;;/h9H,1H2;1H;. The molecule has 0 spiro atoms. The molecule has 0 rings (SSSR count). The molecule has 0 aromatic carbocycles. The Bertz CT molecular complexity index is 106. The molecule has 0 aliphatic carbocycles. The molecule has 0 aliphatic rings. The second kappa shape index (κ2) is 5.52. The molecule has 1 unspecified atom stereocenters. The van der Waals surface area contributed by atoms with E-state index >= 15 is 0 Å². The smallest absolute Gasteiger partial charge is 0.391 e. The Balaban J connectivity index is -0.000000320. The van der Waals surface area contributed by atoms with E-state index in [9.17, 15) is 17.6 Å². The number of aliphatic hydroxyl groups excluding tert-OH is 1. The molecule has 0 radical (unpaired) electrons. The van der Waals surface area contributed by atoms with Crippen LogP contribution in [0.5, 0.6) is 0 Å². The Labute approximate surface area is 84.3 Å². The maximum atomic E-state index is 11.7. The van der Waals surface area contributed by atoms with Crippen molar-refractivity contribution in [2.45, 2.75) is 11.3 Å². The first-order valence-corrected chi connectivity index (χ1v) is 2.24.